The maximum absolute atomic E-state index is 13.2. The van der Waals surface area contributed by atoms with Crippen molar-refractivity contribution in [3.8, 4) is 16.3 Å². The fraction of sp³-hybridized carbons (Fsp3) is 0.231. The number of aromatic nitrogens is 2. The molecule has 34 heavy (non-hydrogen) atoms. The molecule has 0 saturated carbocycles. The van der Waals surface area contributed by atoms with Gasteiger partial charge in [-0.1, -0.05) is 80.1 Å². The molecule has 0 bridgehead atoms. The van der Waals surface area contributed by atoms with Gasteiger partial charge >= 0.3 is 0 Å². The minimum Gasteiger partial charge on any atom is -0.497 e. The van der Waals surface area contributed by atoms with Gasteiger partial charge in [0.2, 0.25) is 11.0 Å². The summed E-state index contributed by atoms with van der Waals surface area (Å²) in [7, 11) is 1.60. The number of amides is 2. The monoisotopic (exact) mass is 474 g/mol. The van der Waals surface area contributed by atoms with Crippen LogP contribution in [0.3, 0.4) is 0 Å². The van der Waals surface area contributed by atoms with Gasteiger partial charge in [-0.25, -0.2) is 0 Å². The lowest BCUT2D eigenvalue weighted by Gasteiger charge is -2.23. The summed E-state index contributed by atoms with van der Waals surface area (Å²) in [6, 6.07) is 20.0. The molecule has 0 aliphatic carbocycles. The molecule has 2 amide bonds. The molecule has 4 aromatic rings. The van der Waals surface area contributed by atoms with Gasteiger partial charge in [0.15, 0.2) is 0 Å². The first-order chi connectivity index (χ1) is 16.5. The molecular formula is C26H26N4O3S. The zero-order chi connectivity index (χ0) is 24.1. The first-order valence-corrected chi connectivity index (χ1v) is 11.9. The molecule has 0 radical (unpaired) electrons. The molecule has 0 aliphatic heterocycles. The summed E-state index contributed by atoms with van der Waals surface area (Å²) in [5.74, 6) is 0.0267. The van der Waals surface area contributed by atoms with E-state index in [2.05, 4.69) is 20.8 Å². The highest BCUT2D eigenvalue weighted by molar-refractivity contribution is 7.18. The Morgan fingerprint density at radius 1 is 1.03 bits per heavy atom. The average molecular weight is 475 g/mol. The topological polar surface area (TPSA) is 93.2 Å². The van der Waals surface area contributed by atoms with Gasteiger partial charge in [-0.3, -0.25) is 14.9 Å². The Balaban J connectivity index is 1.52. The van der Waals surface area contributed by atoms with Gasteiger partial charge in [0.05, 0.1) is 7.11 Å². The molecule has 2 unspecified atom stereocenters. The number of fused-ring (bicyclic) bond motifs is 1. The number of carbonyl (C=O) groups is 2. The fourth-order valence-electron chi connectivity index (χ4n) is 3.67. The maximum Gasteiger partial charge on any atom is 0.252 e. The van der Waals surface area contributed by atoms with Crippen LogP contribution in [0.2, 0.25) is 0 Å². The Morgan fingerprint density at radius 3 is 2.59 bits per heavy atom. The first kappa shape index (κ1) is 23.4. The highest BCUT2D eigenvalue weighted by Gasteiger charge is 2.28. The van der Waals surface area contributed by atoms with Crippen molar-refractivity contribution >= 4 is 39.1 Å². The van der Waals surface area contributed by atoms with Crippen LogP contribution in [0, 0.1) is 5.92 Å². The standard InChI is InChI=1S/C26H26N4O3S/c1-4-16(2)22(27-23(31)21-14-8-10-17-9-5-6-13-20(17)21)24(32)28-26-30-29-25(34-26)18-11-7-12-19(15-18)33-3/h5-16,22H,4H2,1-3H3,(H,27,31)(H,28,30,32). The van der Waals surface area contributed by atoms with Crippen LogP contribution in [0.5, 0.6) is 5.75 Å². The third-order valence-electron chi connectivity index (χ3n) is 5.79. The van der Waals surface area contributed by atoms with Crippen LogP contribution in [-0.2, 0) is 4.79 Å². The Hall–Kier alpha value is -3.78. The average Bonchev–Trinajstić information content (AvgIpc) is 3.34. The molecule has 7 nitrogen and oxygen atoms in total. The largest absolute Gasteiger partial charge is 0.497 e. The van der Waals surface area contributed by atoms with Gasteiger partial charge < -0.3 is 10.1 Å². The zero-order valence-corrected chi connectivity index (χ0v) is 20.1. The number of hydrogen-bond donors (Lipinski definition) is 2. The Labute approximate surface area is 202 Å². The van der Waals surface area contributed by atoms with Gasteiger partial charge in [0.1, 0.15) is 16.8 Å². The Morgan fingerprint density at radius 2 is 1.79 bits per heavy atom. The number of methoxy groups -OCH3 is 1. The number of hydrogen-bond acceptors (Lipinski definition) is 6. The Kier molecular flexibility index (Phi) is 7.18. The van der Waals surface area contributed by atoms with E-state index in [4.69, 9.17) is 4.74 Å². The zero-order valence-electron chi connectivity index (χ0n) is 19.2. The van der Waals surface area contributed by atoms with Crippen molar-refractivity contribution in [2.75, 3.05) is 12.4 Å². The quantitative estimate of drug-likeness (QED) is 0.368. The van der Waals surface area contributed by atoms with Crippen LogP contribution < -0.4 is 15.4 Å². The summed E-state index contributed by atoms with van der Waals surface area (Å²) in [4.78, 5) is 26.4. The predicted molar refractivity (Wildman–Crippen MR) is 135 cm³/mol. The number of nitrogens with zero attached hydrogens (tertiary/aromatic N) is 2. The second-order valence-corrected chi connectivity index (χ2v) is 8.97. The third-order valence-corrected chi connectivity index (χ3v) is 6.68. The van der Waals surface area contributed by atoms with Gasteiger partial charge in [-0.15, -0.1) is 10.2 Å². The van der Waals surface area contributed by atoms with E-state index in [1.807, 2.05) is 74.5 Å². The molecule has 8 heteroatoms. The van der Waals surface area contributed by atoms with Crippen LogP contribution in [0.25, 0.3) is 21.3 Å². The smallest absolute Gasteiger partial charge is 0.252 e. The molecule has 4 rings (SSSR count). The number of rotatable bonds is 8. The molecule has 1 heterocycles. The molecule has 3 aromatic carbocycles. The lowest BCUT2D eigenvalue weighted by molar-refractivity contribution is -0.119. The van der Waals surface area contributed by atoms with Gasteiger partial charge in [-0.2, -0.15) is 0 Å². The number of nitrogens with one attached hydrogen (secondary N) is 2. The van der Waals surface area contributed by atoms with E-state index in [0.717, 1.165) is 22.8 Å². The van der Waals surface area contributed by atoms with E-state index in [9.17, 15) is 9.59 Å². The normalized spacial score (nSPS) is 12.7. The van der Waals surface area contributed by atoms with Gasteiger partial charge in [-0.05, 0) is 34.9 Å². The van der Waals surface area contributed by atoms with Gasteiger partial charge in [0, 0.05) is 11.1 Å². The van der Waals surface area contributed by atoms with Crippen LogP contribution in [0.1, 0.15) is 30.6 Å². The van der Waals surface area contributed by atoms with Crippen LogP contribution in [0.15, 0.2) is 66.7 Å². The van der Waals surface area contributed by atoms with Crippen molar-refractivity contribution in [3.05, 3.63) is 72.3 Å². The Bertz CT molecular complexity index is 1310. The number of ether oxygens (including phenoxy) is 1. The number of carbonyl (C=O) groups excluding carboxylic acids is 2. The lowest BCUT2D eigenvalue weighted by atomic mass is 9.97. The molecule has 0 fully saturated rings. The second kappa shape index (κ2) is 10.4. The summed E-state index contributed by atoms with van der Waals surface area (Å²) in [5.41, 5.74) is 1.38. The van der Waals surface area contributed by atoms with Gasteiger partial charge in [0.25, 0.3) is 5.91 Å². The molecule has 0 spiro atoms. The summed E-state index contributed by atoms with van der Waals surface area (Å²) >= 11 is 1.26. The molecule has 0 saturated heterocycles. The van der Waals surface area contributed by atoms with Crippen LogP contribution in [-0.4, -0.2) is 35.2 Å². The van der Waals surface area contributed by atoms with Crippen LogP contribution in [0.4, 0.5) is 5.13 Å². The van der Waals surface area contributed by atoms with E-state index < -0.39 is 6.04 Å². The second-order valence-electron chi connectivity index (χ2n) is 8.00. The van der Waals surface area contributed by atoms with E-state index in [1.165, 1.54) is 11.3 Å². The third kappa shape index (κ3) is 5.07. The van der Waals surface area contributed by atoms with E-state index in [1.54, 1.807) is 13.2 Å². The summed E-state index contributed by atoms with van der Waals surface area (Å²) in [5, 5.41) is 16.9. The van der Waals surface area contributed by atoms with Crippen molar-refractivity contribution in [3.63, 3.8) is 0 Å². The highest BCUT2D eigenvalue weighted by Crippen LogP contribution is 2.29. The molecule has 2 N–H and O–H groups in total. The molecule has 1 aromatic heterocycles. The van der Waals surface area contributed by atoms with Crippen molar-refractivity contribution in [2.45, 2.75) is 26.3 Å². The molecular weight excluding hydrogens is 448 g/mol. The van der Waals surface area contributed by atoms with Crippen LogP contribution >= 0.6 is 11.3 Å². The summed E-state index contributed by atoms with van der Waals surface area (Å²) < 4.78 is 5.26. The number of benzene rings is 3. The SMILES string of the molecule is CCC(C)C(NC(=O)c1cccc2ccccc12)C(=O)Nc1nnc(-c2cccc(OC)c2)s1. The number of anilines is 1. The van der Waals surface area contributed by atoms with Crippen molar-refractivity contribution < 1.29 is 14.3 Å². The van der Waals surface area contributed by atoms with E-state index in [0.29, 0.717) is 21.5 Å². The lowest BCUT2D eigenvalue weighted by Crippen LogP contribution is -2.47. The van der Waals surface area contributed by atoms with Crippen molar-refractivity contribution in [2.24, 2.45) is 5.92 Å². The summed E-state index contributed by atoms with van der Waals surface area (Å²) in [6.07, 6.45) is 0.721. The molecule has 0 aliphatic rings. The molecule has 174 valence electrons. The fourth-order valence-corrected chi connectivity index (χ4v) is 4.42. The summed E-state index contributed by atoms with van der Waals surface area (Å²) in [6.45, 7) is 3.93. The highest BCUT2D eigenvalue weighted by atomic mass is 32.1. The van der Waals surface area contributed by atoms with Crippen molar-refractivity contribution in [1.29, 1.82) is 0 Å². The first-order valence-electron chi connectivity index (χ1n) is 11.1. The minimum absolute atomic E-state index is 0.0790. The van der Waals surface area contributed by atoms with E-state index in [-0.39, 0.29) is 17.7 Å². The predicted octanol–water partition coefficient (Wildman–Crippen LogP) is 5.15. The molecule has 2 atom stereocenters. The van der Waals surface area contributed by atoms with Crippen molar-refractivity contribution in [1.82, 2.24) is 15.5 Å². The minimum atomic E-state index is -0.722. The maximum atomic E-state index is 13.2. The van der Waals surface area contributed by atoms with E-state index >= 15 is 0 Å².